The van der Waals surface area contributed by atoms with Crippen molar-refractivity contribution in [2.45, 2.75) is 31.8 Å². The van der Waals surface area contributed by atoms with E-state index in [9.17, 15) is 0 Å². The fourth-order valence-corrected chi connectivity index (χ4v) is 4.15. The van der Waals surface area contributed by atoms with Crippen LogP contribution in [0.5, 0.6) is 5.75 Å². The number of hydrogen-bond acceptors (Lipinski definition) is 4. The number of ether oxygens (including phenoxy) is 1. The first-order valence-corrected chi connectivity index (χ1v) is 8.85. The largest absolute Gasteiger partial charge is 0.497 e. The molecule has 0 amide bonds. The highest BCUT2D eigenvalue weighted by Gasteiger charge is 2.39. The lowest BCUT2D eigenvalue weighted by Crippen LogP contribution is -2.59. The number of nitrogens with one attached hydrogen (secondary N) is 1. The highest BCUT2D eigenvalue weighted by atomic mass is 16.5. The molecule has 4 heteroatoms. The van der Waals surface area contributed by atoms with Gasteiger partial charge < -0.3 is 10.1 Å². The molecular weight excluding hydrogens is 298 g/mol. The Morgan fingerprint density at radius 1 is 1.08 bits per heavy atom. The van der Waals surface area contributed by atoms with Crippen LogP contribution in [0.15, 0.2) is 42.6 Å². The van der Waals surface area contributed by atoms with E-state index in [4.69, 9.17) is 4.74 Å². The summed E-state index contributed by atoms with van der Waals surface area (Å²) >= 11 is 0. The fourth-order valence-electron chi connectivity index (χ4n) is 4.15. The number of pyridine rings is 1. The van der Waals surface area contributed by atoms with Crippen LogP contribution in [-0.4, -0.2) is 42.2 Å². The van der Waals surface area contributed by atoms with Crippen LogP contribution < -0.4 is 10.1 Å². The van der Waals surface area contributed by atoms with Crippen LogP contribution in [0.25, 0.3) is 11.3 Å². The second-order valence-electron chi connectivity index (χ2n) is 6.94. The van der Waals surface area contributed by atoms with Crippen molar-refractivity contribution >= 4 is 5.69 Å². The minimum Gasteiger partial charge on any atom is -0.497 e. The molecule has 2 atom stereocenters. The summed E-state index contributed by atoms with van der Waals surface area (Å²) in [7, 11) is 1.68. The molecule has 3 aliphatic heterocycles. The zero-order valence-corrected chi connectivity index (χ0v) is 14.4. The average molecular weight is 323 g/mol. The predicted molar refractivity (Wildman–Crippen MR) is 97.4 cm³/mol. The molecule has 126 valence electrons. The van der Waals surface area contributed by atoms with Crippen molar-refractivity contribution < 1.29 is 4.74 Å². The SMILES string of the molecule is COc1ccc(-c2ccc(N[C@@H]3C4CCN(CC4)[C@@H]3C)cn2)cc1. The highest BCUT2D eigenvalue weighted by Crippen LogP contribution is 2.34. The number of rotatable bonds is 4. The summed E-state index contributed by atoms with van der Waals surface area (Å²) in [6.07, 6.45) is 4.60. The van der Waals surface area contributed by atoms with Gasteiger partial charge in [-0.2, -0.15) is 0 Å². The van der Waals surface area contributed by atoms with Crippen molar-refractivity contribution in [1.29, 1.82) is 0 Å². The zero-order valence-electron chi connectivity index (χ0n) is 14.4. The lowest BCUT2D eigenvalue weighted by Gasteiger charge is -2.50. The quantitative estimate of drug-likeness (QED) is 0.932. The molecule has 0 aliphatic carbocycles. The van der Waals surface area contributed by atoms with Crippen LogP contribution in [-0.2, 0) is 0 Å². The molecule has 0 spiro atoms. The van der Waals surface area contributed by atoms with Gasteiger partial charge in [0.25, 0.3) is 0 Å². The van der Waals surface area contributed by atoms with Crippen molar-refractivity contribution in [1.82, 2.24) is 9.88 Å². The second kappa shape index (κ2) is 6.44. The van der Waals surface area contributed by atoms with Crippen LogP contribution >= 0.6 is 0 Å². The molecule has 0 radical (unpaired) electrons. The number of methoxy groups -OCH3 is 1. The Morgan fingerprint density at radius 3 is 2.42 bits per heavy atom. The lowest BCUT2D eigenvalue weighted by atomic mass is 9.79. The van der Waals surface area contributed by atoms with Crippen molar-refractivity contribution in [2.75, 3.05) is 25.5 Å². The van der Waals surface area contributed by atoms with Gasteiger partial charge in [0.05, 0.1) is 24.7 Å². The van der Waals surface area contributed by atoms with Gasteiger partial charge in [-0.3, -0.25) is 9.88 Å². The van der Waals surface area contributed by atoms with E-state index < -0.39 is 0 Å². The van der Waals surface area contributed by atoms with Crippen LogP contribution in [0, 0.1) is 5.92 Å². The molecule has 1 N–H and O–H groups in total. The third kappa shape index (κ3) is 2.86. The summed E-state index contributed by atoms with van der Waals surface area (Å²) in [6.45, 7) is 4.87. The van der Waals surface area contributed by atoms with Crippen LogP contribution in [0.2, 0.25) is 0 Å². The molecular formula is C20H25N3O. The minimum atomic E-state index is 0.543. The number of benzene rings is 1. The van der Waals surface area contributed by atoms with E-state index in [1.807, 2.05) is 30.5 Å². The van der Waals surface area contributed by atoms with E-state index in [1.165, 1.54) is 25.9 Å². The smallest absolute Gasteiger partial charge is 0.118 e. The van der Waals surface area contributed by atoms with Crippen LogP contribution in [0.3, 0.4) is 0 Å². The van der Waals surface area contributed by atoms with E-state index in [0.717, 1.165) is 28.6 Å². The Balaban J connectivity index is 1.47. The van der Waals surface area contributed by atoms with Crippen LogP contribution in [0.4, 0.5) is 5.69 Å². The molecule has 3 fully saturated rings. The van der Waals surface area contributed by atoms with E-state index in [-0.39, 0.29) is 0 Å². The Bertz CT molecular complexity index is 673. The molecule has 3 saturated heterocycles. The molecule has 4 nitrogen and oxygen atoms in total. The molecule has 0 saturated carbocycles. The number of anilines is 1. The third-order valence-corrected chi connectivity index (χ3v) is 5.66. The predicted octanol–water partition coefficient (Wildman–Crippen LogP) is 3.65. The van der Waals surface area contributed by atoms with Gasteiger partial charge in [-0.1, -0.05) is 0 Å². The Morgan fingerprint density at radius 2 is 1.83 bits per heavy atom. The van der Waals surface area contributed by atoms with Crippen LogP contribution in [0.1, 0.15) is 19.8 Å². The van der Waals surface area contributed by atoms with Crippen molar-refractivity contribution in [2.24, 2.45) is 5.92 Å². The van der Waals surface area contributed by atoms with Gasteiger partial charge in [0.2, 0.25) is 0 Å². The highest BCUT2D eigenvalue weighted by molar-refractivity contribution is 5.62. The lowest BCUT2D eigenvalue weighted by molar-refractivity contribution is 0.0458. The Labute approximate surface area is 143 Å². The maximum Gasteiger partial charge on any atom is 0.118 e. The Kier molecular flexibility index (Phi) is 4.15. The standard InChI is InChI=1S/C20H25N3O/c1-14-20(16-9-11-23(14)12-10-16)22-17-5-8-19(21-13-17)15-3-6-18(24-2)7-4-15/h3-8,13-14,16,20,22H,9-12H2,1-2H3/t14-,20+/m1/s1. The number of nitrogens with zero attached hydrogens (tertiary/aromatic N) is 2. The summed E-state index contributed by atoms with van der Waals surface area (Å²) in [5, 5.41) is 3.73. The average Bonchev–Trinajstić information content (AvgIpc) is 2.66. The Hall–Kier alpha value is -2.07. The maximum atomic E-state index is 5.21. The van der Waals surface area contributed by atoms with Gasteiger partial charge in [0, 0.05) is 17.6 Å². The number of hydrogen-bond donors (Lipinski definition) is 1. The molecule has 2 bridgehead atoms. The number of piperidine rings is 3. The molecule has 1 aromatic carbocycles. The van der Waals surface area contributed by atoms with Gasteiger partial charge in [0.15, 0.2) is 0 Å². The molecule has 0 unspecified atom stereocenters. The summed E-state index contributed by atoms with van der Waals surface area (Å²) < 4.78 is 5.21. The molecule has 4 heterocycles. The monoisotopic (exact) mass is 323 g/mol. The summed E-state index contributed by atoms with van der Waals surface area (Å²) in [6, 6.07) is 13.4. The van der Waals surface area contributed by atoms with E-state index >= 15 is 0 Å². The number of fused-ring (bicyclic) bond motifs is 3. The normalized spacial score (nSPS) is 28.6. The van der Waals surface area contributed by atoms with Gasteiger partial charge in [-0.15, -0.1) is 0 Å². The van der Waals surface area contributed by atoms with E-state index in [0.29, 0.717) is 12.1 Å². The zero-order chi connectivity index (χ0) is 16.5. The van der Waals surface area contributed by atoms with E-state index in [2.05, 4.69) is 34.3 Å². The van der Waals surface area contributed by atoms with Gasteiger partial charge in [-0.05, 0) is 75.2 Å². The molecule has 5 rings (SSSR count). The molecule has 1 aromatic heterocycles. The van der Waals surface area contributed by atoms with Gasteiger partial charge in [0.1, 0.15) is 5.75 Å². The fraction of sp³-hybridized carbons (Fsp3) is 0.450. The number of aromatic nitrogens is 1. The summed E-state index contributed by atoms with van der Waals surface area (Å²) in [5.74, 6) is 1.67. The van der Waals surface area contributed by atoms with Crippen molar-refractivity contribution in [3.05, 3.63) is 42.6 Å². The van der Waals surface area contributed by atoms with Gasteiger partial charge in [-0.25, -0.2) is 0 Å². The first kappa shape index (κ1) is 15.5. The topological polar surface area (TPSA) is 37.4 Å². The molecule has 24 heavy (non-hydrogen) atoms. The maximum absolute atomic E-state index is 5.21. The minimum absolute atomic E-state index is 0.543. The van der Waals surface area contributed by atoms with E-state index in [1.54, 1.807) is 7.11 Å². The first-order valence-electron chi connectivity index (χ1n) is 8.85. The second-order valence-corrected chi connectivity index (χ2v) is 6.94. The molecule has 2 aromatic rings. The first-order chi connectivity index (χ1) is 11.7. The summed E-state index contributed by atoms with van der Waals surface area (Å²) in [4.78, 5) is 7.25. The van der Waals surface area contributed by atoms with Crippen molar-refractivity contribution in [3.63, 3.8) is 0 Å². The molecule has 3 aliphatic rings. The van der Waals surface area contributed by atoms with Gasteiger partial charge >= 0.3 is 0 Å². The van der Waals surface area contributed by atoms with Crippen molar-refractivity contribution in [3.8, 4) is 17.0 Å². The third-order valence-electron chi connectivity index (χ3n) is 5.66. The summed E-state index contributed by atoms with van der Waals surface area (Å²) in [5.41, 5.74) is 3.22.